The molecular formula is C14H14F3NO3. The average molecular weight is 301 g/mol. The molecule has 1 aromatic heterocycles. The summed E-state index contributed by atoms with van der Waals surface area (Å²) in [6.07, 6.45) is -4.56. The molecule has 1 N–H and O–H groups in total. The van der Waals surface area contributed by atoms with Gasteiger partial charge >= 0.3 is 6.18 Å². The van der Waals surface area contributed by atoms with E-state index in [2.05, 4.69) is 5.16 Å². The summed E-state index contributed by atoms with van der Waals surface area (Å²) in [5.74, 6) is 0.215. The number of ether oxygens (including phenoxy) is 1. The first-order valence-electron chi connectivity index (χ1n) is 6.18. The van der Waals surface area contributed by atoms with Gasteiger partial charge in [-0.05, 0) is 31.5 Å². The van der Waals surface area contributed by atoms with Crippen LogP contribution in [0.3, 0.4) is 0 Å². The summed E-state index contributed by atoms with van der Waals surface area (Å²) in [5.41, 5.74) is 0.454. The molecule has 0 amide bonds. The molecule has 0 radical (unpaired) electrons. The van der Waals surface area contributed by atoms with Gasteiger partial charge in [0.25, 0.3) is 0 Å². The lowest BCUT2D eigenvalue weighted by atomic mass is 10.1. The van der Waals surface area contributed by atoms with E-state index < -0.39 is 18.3 Å². The molecule has 0 bridgehead atoms. The fourth-order valence-electron chi connectivity index (χ4n) is 1.88. The number of aryl methyl sites for hydroxylation is 2. The number of hydrogen-bond acceptors (Lipinski definition) is 4. The van der Waals surface area contributed by atoms with Crippen molar-refractivity contribution < 1.29 is 27.5 Å². The fraction of sp³-hybridized carbons (Fsp3) is 0.357. The van der Waals surface area contributed by atoms with E-state index in [1.807, 2.05) is 0 Å². The summed E-state index contributed by atoms with van der Waals surface area (Å²) < 4.78 is 49.2. The van der Waals surface area contributed by atoms with E-state index in [0.29, 0.717) is 17.0 Å². The zero-order chi connectivity index (χ0) is 15.6. The van der Waals surface area contributed by atoms with E-state index in [0.717, 1.165) is 6.07 Å². The Balaban J connectivity index is 2.28. The average Bonchev–Trinajstić information content (AvgIpc) is 2.74. The van der Waals surface area contributed by atoms with Crippen LogP contribution in [0.1, 0.15) is 28.1 Å². The number of aliphatic hydroxyl groups excluding tert-OH is 1. The predicted octanol–water partition coefficient (Wildman–Crippen LogP) is 3.38. The molecule has 2 aromatic rings. The van der Waals surface area contributed by atoms with Gasteiger partial charge in [-0.3, -0.25) is 0 Å². The molecule has 1 heterocycles. The van der Waals surface area contributed by atoms with Crippen molar-refractivity contribution in [2.24, 2.45) is 0 Å². The van der Waals surface area contributed by atoms with Crippen LogP contribution in [0.2, 0.25) is 0 Å². The highest BCUT2D eigenvalue weighted by molar-refractivity contribution is 5.39. The lowest BCUT2D eigenvalue weighted by Gasteiger charge is -2.15. The molecule has 0 aliphatic heterocycles. The van der Waals surface area contributed by atoms with Gasteiger partial charge in [-0.1, -0.05) is 11.2 Å². The minimum Gasteiger partial charge on any atom is -0.488 e. The third-order valence-electron chi connectivity index (χ3n) is 3.09. The molecular weight excluding hydrogens is 287 g/mol. The van der Waals surface area contributed by atoms with Gasteiger partial charge in [0.15, 0.2) is 0 Å². The van der Waals surface area contributed by atoms with E-state index in [9.17, 15) is 13.2 Å². The minimum atomic E-state index is -4.56. The van der Waals surface area contributed by atoms with E-state index in [1.54, 1.807) is 13.8 Å². The van der Waals surface area contributed by atoms with Crippen molar-refractivity contribution in [2.45, 2.75) is 33.2 Å². The highest BCUT2D eigenvalue weighted by Crippen LogP contribution is 2.37. The fourth-order valence-corrected chi connectivity index (χ4v) is 1.88. The molecule has 0 unspecified atom stereocenters. The molecule has 0 aliphatic carbocycles. The van der Waals surface area contributed by atoms with Gasteiger partial charge in [0.05, 0.1) is 23.4 Å². The van der Waals surface area contributed by atoms with Crippen LogP contribution in [0.4, 0.5) is 13.2 Å². The maximum Gasteiger partial charge on any atom is 0.419 e. The first kappa shape index (κ1) is 15.4. The Kier molecular flexibility index (Phi) is 4.22. The van der Waals surface area contributed by atoms with E-state index in [4.69, 9.17) is 14.4 Å². The van der Waals surface area contributed by atoms with Crippen LogP contribution in [0.15, 0.2) is 22.7 Å². The minimum absolute atomic E-state index is 0.0667. The number of hydrogen-bond donors (Lipinski definition) is 1. The van der Waals surface area contributed by atoms with Crippen molar-refractivity contribution in [1.29, 1.82) is 0 Å². The first-order chi connectivity index (χ1) is 9.82. The van der Waals surface area contributed by atoms with Crippen molar-refractivity contribution >= 4 is 0 Å². The van der Waals surface area contributed by atoms with Gasteiger partial charge in [-0.15, -0.1) is 0 Å². The molecule has 2 rings (SSSR count). The largest absolute Gasteiger partial charge is 0.488 e. The highest BCUT2D eigenvalue weighted by atomic mass is 19.4. The van der Waals surface area contributed by atoms with Crippen molar-refractivity contribution in [3.05, 3.63) is 46.3 Å². The van der Waals surface area contributed by atoms with Gasteiger partial charge in [-0.25, -0.2) is 0 Å². The Morgan fingerprint density at radius 2 is 2.00 bits per heavy atom. The van der Waals surface area contributed by atoms with Crippen molar-refractivity contribution in [2.75, 3.05) is 0 Å². The molecule has 0 aliphatic rings. The molecule has 0 spiro atoms. The molecule has 0 atom stereocenters. The van der Waals surface area contributed by atoms with E-state index in [-0.39, 0.29) is 17.9 Å². The quantitative estimate of drug-likeness (QED) is 0.940. The standard InChI is InChI=1S/C14H14F3NO3/c1-8-11(9(2)21-18-8)7-20-13-4-3-10(6-19)5-12(13)14(15,16)17/h3-5,19H,6-7H2,1-2H3. The molecule has 114 valence electrons. The van der Waals surface area contributed by atoms with Gasteiger partial charge < -0.3 is 14.4 Å². The second kappa shape index (κ2) is 5.77. The van der Waals surface area contributed by atoms with Crippen LogP contribution in [0.25, 0.3) is 0 Å². The lowest BCUT2D eigenvalue weighted by molar-refractivity contribution is -0.139. The second-order valence-electron chi connectivity index (χ2n) is 4.58. The van der Waals surface area contributed by atoms with Crippen LogP contribution in [0, 0.1) is 13.8 Å². The Morgan fingerprint density at radius 3 is 2.52 bits per heavy atom. The molecule has 1 aromatic carbocycles. The van der Waals surface area contributed by atoms with Gasteiger partial charge in [0.1, 0.15) is 18.1 Å². The number of nitrogens with zero attached hydrogens (tertiary/aromatic N) is 1. The molecule has 21 heavy (non-hydrogen) atoms. The summed E-state index contributed by atoms with van der Waals surface area (Å²) >= 11 is 0. The Morgan fingerprint density at radius 1 is 1.29 bits per heavy atom. The zero-order valence-corrected chi connectivity index (χ0v) is 11.5. The van der Waals surface area contributed by atoms with E-state index in [1.165, 1.54) is 12.1 Å². The van der Waals surface area contributed by atoms with E-state index >= 15 is 0 Å². The number of aromatic nitrogens is 1. The van der Waals surface area contributed by atoms with Crippen LogP contribution in [-0.4, -0.2) is 10.3 Å². The third-order valence-corrected chi connectivity index (χ3v) is 3.09. The Labute approximate surface area is 119 Å². The van der Waals surface area contributed by atoms with Gasteiger partial charge in [0, 0.05) is 0 Å². The smallest absolute Gasteiger partial charge is 0.419 e. The normalized spacial score (nSPS) is 11.7. The monoisotopic (exact) mass is 301 g/mol. The summed E-state index contributed by atoms with van der Waals surface area (Å²) in [6.45, 7) is 2.82. The summed E-state index contributed by atoms with van der Waals surface area (Å²) in [5, 5.41) is 12.7. The SMILES string of the molecule is Cc1noc(C)c1COc1ccc(CO)cc1C(F)(F)F. The molecule has 0 saturated carbocycles. The third kappa shape index (κ3) is 3.36. The maximum atomic E-state index is 13.0. The number of halogens is 3. The molecule has 0 fully saturated rings. The van der Waals surface area contributed by atoms with Crippen LogP contribution in [-0.2, 0) is 19.4 Å². The number of rotatable bonds is 4. The van der Waals surface area contributed by atoms with Gasteiger partial charge in [-0.2, -0.15) is 13.2 Å². The van der Waals surface area contributed by atoms with Crippen LogP contribution < -0.4 is 4.74 Å². The molecule has 7 heteroatoms. The van der Waals surface area contributed by atoms with Crippen LogP contribution in [0.5, 0.6) is 5.75 Å². The second-order valence-corrected chi connectivity index (χ2v) is 4.58. The lowest BCUT2D eigenvalue weighted by Crippen LogP contribution is -2.10. The van der Waals surface area contributed by atoms with Gasteiger partial charge in [0.2, 0.25) is 0 Å². The summed E-state index contributed by atoms with van der Waals surface area (Å²) in [6, 6.07) is 3.47. The summed E-state index contributed by atoms with van der Waals surface area (Å²) in [4.78, 5) is 0. The predicted molar refractivity (Wildman–Crippen MR) is 67.7 cm³/mol. The Bertz CT molecular complexity index is 615. The Hall–Kier alpha value is -2.02. The number of benzene rings is 1. The van der Waals surface area contributed by atoms with Crippen molar-refractivity contribution in [1.82, 2.24) is 5.16 Å². The molecule has 0 saturated heterocycles. The summed E-state index contributed by atoms with van der Waals surface area (Å²) in [7, 11) is 0. The topological polar surface area (TPSA) is 55.5 Å². The zero-order valence-electron chi connectivity index (χ0n) is 11.5. The molecule has 4 nitrogen and oxygen atoms in total. The van der Waals surface area contributed by atoms with Crippen molar-refractivity contribution in [3.63, 3.8) is 0 Å². The first-order valence-corrected chi connectivity index (χ1v) is 6.18. The maximum absolute atomic E-state index is 13.0. The number of aliphatic hydroxyl groups is 1. The van der Waals surface area contributed by atoms with Crippen LogP contribution >= 0.6 is 0 Å². The number of alkyl halides is 3. The highest BCUT2D eigenvalue weighted by Gasteiger charge is 2.34. The van der Waals surface area contributed by atoms with Crippen molar-refractivity contribution in [3.8, 4) is 5.75 Å².